The molecule has 0 atom stereocenters. The number of rotatable bonds is 2. The summed E-state index contributed by atoms with van der Waals surface area (Å²) >= 11 is 5.72. The molecule has 0 saturated heterocycles. The Labute approximate surface area is 101 Å². The number of anilines is 1. The molecular weight excluding hydrogens is 246 g/mol. The van der Waals surface area contributed by atoms with Crippen molar-refractivity contribution < 1.29 is 14.7 Å². The second kappa shape index (κ2) is 4.06. The monoisotopic (exact) mass is 253 g/mol. The molecule has 0 radical (unpaired) electrons. The summed E-state index contributed by atoms with van der Waals surface area (Å²) in [5.41, 5.74) is 5.67. The lowest BCUT2D eigenvalue weighted by molar-refractivity contribution is -0.116. The molecule has 0 aromatic heterocycles. The van der Waals surface area contributed by atoms with Gasteiger partial charge in [-0.25, -0.2) is 4.79 Å². The topological polar surface area (TPSA) is 96.0 Å². The zero-order valence-corrected chi connectivity index (χ0v) is 9.31. The Bertz CT molecular complexity index is 542. The first-order valence-electron chi connectivity index (χ1n) is 4.68. The Kier molecular flexibility index (Phi) is 2.72. The summed E-state index contributed by atoms with van der Waals surface area (Å²) in [6.45, 7) is 0. The molecule has 2 rings (SSSR count). The smallest absolute Gasteiger partial charge is 0.337 e. The van der Waals surface area contributed by atoms with Gasteiger partial charge < -0.3 is 10.8 Å². The molecule has 1 aromatic rings. The number of amides is 1. The second-order valence-corrected chi connectivity index (χ2v) is 3.85. The highest BCUT2D eigenvalue weighted by atomic mass is 35.5. The molecule has 1 aliphatic heterocycles. The molecule has 0 bridgehead atoms. The number of hydrazone groups is 1. The molecule has 0 fully saturated rings. The molecule has 88 valence electrons. The van der Waals surface area contributed by atoms with E-state index in [1.807, 2.05) is 0 Å². The third-order valence-electron chi connectivity index (χ3n) is 2.22. The third-order valence-corrected chi connectivity index (χ3v) is 2.55. The minimum absolute atomic E-state index is 0.0328. The van der Waals surface area contributed by atoms with E-state index in [9.17, 15) is 9.59 Å². The number of carboxylic acids is 1. The molecule has 6 nitrogen and oxygen atoms in total. The van der Waals surface area contributed by atoms with Crippen molar-refractivity contribution in [1.82, 2.24) is 0 Å². The molecular formula is C10H8ClN3O3. The summed E-state index contributed by atoms with van der Waals surface area (Å²) in [6, 6.07) is 4.19. The highest BCUT2D eigenvalue weighted by Crippen LogP contribution is 2.25. The quantitative estimate of drug-likeness (QED) is 0.823. The summed E-state index contributed by atoms with van der Waals surface area (Å²) in [4.78, 5) is 22.4. The van der Waals surface area contributed by atoms with Crippen molar-refractivity contribution in [3.8, 4) is 0 Å². The lowest BCUT2D eigenvalue weighted by atomic mass is 10.2. The molecule has 1 heterocycles. The van der Waals surface area contributed by atoms with Gasteiger partial charge in [-0.2, -0.15) is 10.1 Å². The van der Waals surface area contributed by atoms with E-state index in [0.717, 1.165) is 5.01 Å². The van der Waals surface area contributed by atoms with E-state index in [0.29, 0.717) is 5.69 Å². The molecule has 1 amide bonds. The summed E-state index contributed by atoms with van der Waals surface area (Å²) in [5, 5.41) is 13.9. The fourth-order valence-electron chi connectivity index (χ4n) is 1.46. The van der Waals surface area contributed by atoms with Gasteiger partial charge in [0.25, 0.3) is 5.91 Å². The maximum Gasteiger partial charge on any atom is 0.337 e. The Morgan fingerprint density at radius 2 is 2.24 bits per heavy atom. The van der Waals surface area contributed by atoms with Gasteiger partial charge in [-0.15, -0.1) is 0 Å². The molecule has 0 saturated carbocycles. The second-order valence-electron chi connectivity index (χ2n) is 3.44. The minimum atomic E-state index is -1.17. The number of hydrogen-bond donors (Lipinski definition) is 2. The van der Waals surface area contributed by atoms with Crippen LogP contribution in [0.15, 0.2) is 23.3 Å². The van der Waals surface area contributed by atoms with Crippen molar-refractivity contribution >= 4 is 35.0 Å². The normalized spacial score (nSPS) is 15.0. The van der Waals surface area contributed by atoms with Crippen LogP contribution in [-0.4, -0.2) is 22.8 Å². The minimum Gasteiger partial charge on any atom is -0.478 e. The van der Waals surface area contributed by atoms with Gasteiger partial charge >= 0.3 is 5.97 Å². The van der Waals surface area contributed by atoms with Crippen LogP contribution in [-0.2, 0) is 4.79 Å². The van der Waals surface area contributed by atoms with Crippen LogP contribution in [0.3, 0.4) is 0 Å². The van der Waals surface area contributed by atoms with Gasteiger partial charge in [0, 0.05) is 0 Å². The van der Waals surface area contributed by atoms with E-state index in [1.165, 1.54) is 18.2 Å². The number of halogens is 1. The van der Waals surface area contributed by atoms with Crippen molar-refractivity contribution in [1.29, 1.82) is 0 Å². The van der Waals surface area contributed by atoms with Crippen molar-refractivity contribution in [2.75, 3.05) is 5.01 Å². The molecule has 3 N–H and O–H groups in total. The average molecular weight is 254 g/mol. The van der Waals surface area contributed by atoms with Crippen LogP contribution < -0.4 is 10.7 Å². The Morgan fingerprint density at radius 1 is 1.53 bits per heavy atom. The van der Waals surface area contributed by atoms with Crippen molar-refractivity contribution in [3.05, 3.63) is 28.8 Å². The number of hydrogen-bond acceptors (Lipinski definition) is 4. The van der Waals surface area contributed by atoms with Gasteiger partial charge in [-0.1, -0.05) is 11.6 Å². The first-order chi connectivity index (χ1) is 7.99. The summed E-state index contributed by atoms with van der Waals surface area (Å²) in [5.74, 6) is -1.27. The molecule has 0 spiro atoms. The first kappa shape index (κ1) is 11.4. The summed E-state index contributed by atoms with van der Waals surface area (Å²) in [6.07, 6.45) is 0.0328. The van der Waals surface area contributed by atoms with E-state index >= 15 is 0 Å². The fourth-order valence-corrected chi connectivity index (χ4v) is 1.66. The van der Waals surface area contributed by atoms with Gasteiger partial charge in [-0.3, -0.25) is 4.79 Å². The summed E-state index contributed by atoms with van der Waals surface area (Å²) in [7, 11) is 0. The lowest BCUT2D eigenvalue weighted by Crippen LogP contribution is -2.20. The highest BCUT2D eigenvalue weighted by Gasteiger charge is 2.24. The maximum atomic E-state index is 11.5. The maximum absolute atomic E-state index is 11.5. The zero-order chi connectivity index (χ0) is 12.6. The van der Waals surface area contributed by atoms with E-state index in [4.69, 9.17) is 22.4 Å². The van der Waals surface area contributed by atoms with Gasteiger partial charge in [0.1, 0.15) is 5.84 Å². The van der Waals surface area contributed by atoms with Crippen LogP contribution in [0.4, 0.5) is 5.69 Å². The van der Waals surface area contributed by atoms with Crippen molar-refractivity contribution in [2.45, 2.75) is 6.42 Å². The van der Waals surface area contributed by atoms with Crippen LogP contribution in [0.25, 0.3) is 0 Å². The van der Waals surface area contributed by atoms with E-state index in [1.54, 1.807) is 0 Å². The van der Waals surface area contributed by atoms with Gasteiger partial charge in [0.05, 0.1) is 22.7 Å². The lowest BCUT2D eigenvalue weighted by Gasteiger charge is -2.12. The number of carbonyl (C=O) groups is 2. The zero-order valence-electron chi connectivity index (χ0n) is 8.55. The average Bonchev–Trinajstić information content (AvgIpc) is 2.58. The van der Waals surface area contributed by atoms with Crippen LogP contribution in [0, 0.1) is 0 Å². The number of nitrogens with two attached hydrogens (primary N) is 1. The summed E-state index contributed by atoms with van der Waals surface area (Å²) < 4.78 is 0. The van der Waals surface area contributed by atoms with Crippen molar-refractivity contribution in [2.24, 2.45) is 10.8 Å². The van der Waals surface area contributed by atoms with E-state index in [2.05, 4.69) is 5.10 Å². The number of nitrogens with zero attached hydrogens (tertiary/aromatic N) is 2. The van der Waals surface area contributed by atoms with Gasteiger partial charge in [0.2, 0.25) is 0 Å². The SMILES string of the molecule is NC1=NN(c2ccc(Cl)c(C(=O)O)c2)C(=O)C1. The predicted molar refractivity (Wildman–Crippen MR) is 62.1 cm³/mol. The predicted octanol–water partition coefficient (Wildman–Crippen LogP) is 1.05. The first-order valence-corrected chi connectivity index (χ1v) is 5.05. The number of aromatic carboxylic acids is 1. The van der Waals surface area contributed by atoms with Crippen LogP contribution in [0.2, 0.25) is 5.02 Å². The number of carboxylic acid groups (broad SMARTS) is 1. The van der Waals surface area contributed by atoms with E-state index in [-0.39, 0.29) is 28.7 Å². The molecule has 0 aliphatic carbocycles. The Hall–Kier alpha value is -2.08. The fraction of sp³-hybridized carbons (Fsp3) is 0.100. The van der Waals surface area contributed by atoms with Gasteiger partial charge in [0.15, 0.2) is 0 Å². The van der Waals surface area contributed by atoms with Crippen molar-refractivity contribution in [3.63, 3.8) is 0 Å². The standard InChI is InChI=1S/C10H8ClN3O3/c11-7-2-1-5(3-6(7)10(16)17)14-9(15)4-8(12)13-14/h1-3H,4H2,(H2,12,13)(H,16,17). The largest absolute Gasteiger partial charge is 0.478 e. The molecule has 0 unspecified atom stereocenters. The van der Waals surface area contributed by atoms with Crippen LogP contribution in [0.1, 0.15) is 16.8 Å². The number of benzene rings is 1. The van der Waals surface area contributed by atoms with E-state index < -0.39 is 5.97 Å². The number of amidine groups is 1. The van der Waals surface area contributed by atoms with Crippen LogP contribution >= 0.6 is 11.6 Å². The Balaban J connectivity index is 2.44. The van der Waals surface area contributed by atoms with Crippen LogP contribution in [0.5, 0.6) is 0 Å². The molecule has 1 aromatic carbocycles. The van der Waals surface area contributed by atoms with Gasteiger partial charge in [-0.05, 0) is 18.2 Å². The molecule has 7 heteroatoms. The highest BCUT2D eigenvalue weighted by molar-refractivity contribution is 6.33. The third kappa shape index (κ3) is 2.07. The number of carbonyl (C=O) groups excluding carboxylic acids is 1. The Morgan fingerprint density at radius 3 is 2.76 bits per heavy atom. The molecule has 17 heavy (non-hydrogen) atoms. The molecule has 1 aliphatic rings.